The average Bonchev–Trinajstić information content (AvgIpc) is 3.32. The van der Waals surface area contributed by atoms with E-state index < -0.39 is 47.2 Å². The van der Waals surface area contributed by atoms with Crippen LogP contribution in [0, 0.1) is 0 Å². The van der Waals surface area contributed by atoms with Gasteiger partial charge < -0.3 is 26.4 Å². The van der Waals surface area contributed by atoms with Gasteiger partial charge in [0.05, 0.1) is 29.2 Å². The Kier molecular flexibility index (Phi) is 5.85. The fourth-order valence-corrected chi connectivity index (χ4v) is 4.35. The third-order valence-electron chi connectivity index (χ3n) is 5.11. The van der Waals surface area contributed by atoms with Crippen LogP contribution >= 0.6 is 11.6 Å². The minimum Gasteiger partial charge on any atom is -0.397 e. The van der Waals surface area contributed by atoms with E-state index in [9.17, 15) is 23.4 Å². The van der Waals surface area contributed by atoms with Crippen LogP contribution in [0.4, 0.5) is 11.5 Å². The maximum Gasteiger partial charge on any atom is 0.301 e. The summed E-state index contributed by atoms with van der Waals surface area (Å²) in [5.41, 5.74) is 9.59. The molecule has 1 fully saturated rings. The van der Waals surface area contributed by atoms with E-state index in [1.807, 2.05) is 0 Å². The molecule has 0 unspecified atom stereocenters. The number of anilines is 2. The summed E-state index contributed by atoms with van der Waals surface area (Å²) in [6.45, 7) is -0.873. The molecule has 1 amide bonds. The van der Waals surface area contributed by atoms with Gasteiger partial charge >= 0.3 is 10.2 Å². The number of halogens is 1. The Morgan fingerprint density at radius 2 is 2.09 bits per heavy atom. The molecule has 1 aliphatic heterocycles. The van der Waals surface area contributed by atoms with E-state index >= 15 is 0 Å². The molecule has 0 saturated carbocycles. The Hall–Kier alpha value is -3.08. The normalized spacial score (nSPS) is 23.1. The number of aliphatic hydroxyl groups is 2. The number of aromatic nitrogens is 4. The summed E-state index contributed by atoms with van der Waals surface area (Å²) >= 11 is 5.85. The molecule has 3 atom stereocenters. The summed E-state index contributed by atoms with van der Waals surface area (Å²) in [4.78, 5) is 24.1. The summed E-state index contributed by atoms with van der Waals surface area (Å²) < 4.78 is 35.1. The highest BCUT2D eigenvalue weighted by atomic mass is 35.5. The van der Waals surface area contributed by atoms with E-state index in [2.05, 4.69) is 19.7 Å². The van der Waals surface area contributed by atoms with E-state index in [1.165, 1.54) is 35.4 Å². The Bertz CT molecular complexity index is 1330. The zero-order chi connectivity index (χ0) is 24.0. The van der Waals surface area contributed by atoms with Crippen molar-refractivity contribution < 1.29 is 28.2 Å². The van der Waals surface area contributed by atoms with Gasteiger partial charge in [0.1, 0.15) is 24.1 Å². The lowest BCUT2D eigenvalue weighted by Gasteiger charge is -2.27. The van der Waals surface area contributed by atoms with Crippen molar-refractivity contribution in [1.29, 1.82) is 0 Å². The molecule has 4 rings (SSSR count). The molecule has 0 bridgehead atoms. The Balaban J connectivity index is 1.45. The van der Waals surface area contributed by atoms with E-state index in [4.69, 9.17) is 27.8 Å². The number of aliphatic hydroxyl groups excluding tert-OH is 1. The summed E-state index contributed by atoms with van der Waals surface area (Å²) in [5, 5.41) is 21.8. The van der Waals surface area contributed by atoms with Crippen LogP contribution in [-0.4, -0.2) is 69.4 Å². The van der Waals surface area contributed by atoms with Gasteiger partial charge in [-0.2, -0.15) is 13.1 Å². The van der Waals surface area contributed by atoms with Crippen LogP contribution in [0.2, 0.25) is 5.02 Å². The standard InChI is InChI=1S/C17H19ClN8O6S/c18-9-3-1-2-8(11(9)19)16(28)25-33(30,31)24-4-10-13(27)17(29,5-32-10)26-7-23-12-14(20)21-6-22-15(12)26/h1-3,6-7,10,13,24,27,29H,4-5,19H2,(H,25,28)(H2,20,21,22)/t10-,13-,17-/m1/s1. The largest absolute Gasteiger partial charge is 0.397 e. The number of carbonyl (C=O) groups is 1. The number of hydrogen-bond acceptors (Lipinski definition) is 11. The lowest BCUT2D eigenvalue weighted by Crippen LogP contribution is -2.50. The summed E-state index contributed by atoms with van der Waals surface area (Å²) in [5.74, 6) is -0.926. The Labute approximate surface area is 191 Å². The van der Waals surface area contributed by atoms with E-state index in [0.29, 0.717) is 0 Å². The van der Waals surface area contributed by atoms with E-state index in [0.717, 1.165) is 0 Å². The first-order valence-corrected chi connectivity index (χ1v) is 11.2. The smallest absolute Gasteiger partial charge is 0.301 e. The molecule has 1 saturated heterocycles. The maximum absolute atomic E-state index is 12.3. The lowest BCUT2D eigenvalue weighted by atomic mass is 10.1. The molecule has 16 heteroatoms. The number of hydrogen-bond donors (Lipinski definition) is 6. The number of nitrogen functional groups attached to an aromatic ring is 2. The first-order chi connectivity index (χ1) is 15.5. The summed E-state index contributed by atoms with van der Waals surface area (Å²) in [7, 11) is -4.38. The number of rotatable bonds is 6. The van der Waals surface area contributed by atoms with Gasteiger partial charge in [0, 0.05) is 6.54 Å². The van der Waals surface area contributed by atoms with Crippen molar-refractivity contribution in [2.45, 2.75) is 17.9 Å². The average molecular weight is 499 g/mol. The van der Waals surface area contributed by atoms with Crippen LogP contribution < -0.4 is 20.9 Å². The van der Waals surface area contributed by atoms with Crippen LogP contribution in [0.25, 0.3) is 11.2 Å². The second kappa shape index (κ2) is 8.36. The molecule has 3 heterocycles. The van der Waals surface area contributed by atoms with E-state index in [-0.39, 0.29) is 33.3 Å². The lowest BCUT2D eigenvalue weighted by molar-refractivity contribution is -0.107. The molecule has 1 aliphatic rings. The predicted octanol–water partition coefficient (Wildman–Crippen LogP) is -1.69. The number of imidazole rings is 1. The van der Waals surface area contributed by atoms with Crippen molar-refractivity contribution in [2.75, 3.05) is 24.6 Å². The second-order valence-corrected chi connectivity index (χ2v) is 9.11. The quantitative estimate of drug-likeness (QED) is 0.210. The predicted molar refractivity (Wildman–Crippen MR) is 116 cm³/mol. The van der Waals surface area contributed by atoms with Crippen molar-refractivity contribution >= 4 is 50.4 Å². The van der Waals surface area contributed by atoms with Crippen LogP contribution in [0.3, 0.4) is 0 Å². The number of nitrogens with zero attached hydrogens (tertiary/aromatic N) is 4. The third kappa shape index (κ3) is 4.17. The number of para-hydroxylation sites is 1. The van der Waals surface area contributed by atoms with Crippen molar-refractivity contribution in [3.63, 3.8) is 0 Å². The first-order valence-electron chi connectivity index (χ1n) is 9.35. The molecular formula is C17H19ClN8O6S. The van der Waals surface area contributed by atoms with Crippen LogP contribution in [0.15, 0.2) is 30.9 Å². The highest BCUT2D eigenvalue weighted by molar-refractivity contribution is 7.88. The molecule has 2 aromatic heterocycles. The minimum absolute atomic E-state index is 0.0798. The highest BCUT2D eigenvalue weighted by Crippen LogP contribution is 2.32. The molecule has 8 N–H and O–H groups in total. The van der Waals surface area contributed by atoms with Gasteiger partial charge in [-0.05, 0) is 12.1 Å². The molecule has 176 valence electrons. The van der Waals surface area contributed by atoms with Crippen molar-refractivity contribution in [3.05, 3.63) is 41.4 Å². The number of amides is 1. The molecule has 0 aliphatic carbocycles. The van der Waals surface area contributed by atoms with Gasteiger partial charge in [-0.3, -0.25) is 9.36 Å². The zero-order valence-electron chi connectivity index (χ0n) is 16.7. The summed E-state index contributed by atoms with van der Waals surface area (Å²) in [6, 6.07) is 4.20. The van der Waals surface area contributed by atoms with Gasteiger partial charge in [-0.1, -0.05) is 17.7 Å². The molecule has 33 heavy (non-hydrogen) atoms. The van der Waals surface area contributed by atoms with E-state index in [1.54, 1.807) is 4.72 Å². The fourth-order valence-electron chi connectivity index (χ4n) is 3.36. The third-order valence-corrected chi connectivity index (χ3v) is 6.44. The maximum atomic E-state index is 12.3. The van der Waals surface area contributed by atoms with Crippen LogP contribution in [0.5, 0.6) is 0 Å². The molecule has 0 spiro atoms. The SMILES string of the molecule is Nc1c(Cl)cccc1C(=O)NS(=O)(=O)NC[C@H]1OC[C@](O)(n2cnc3c(N)ncnc32)[C@@H]1O. The van der Waals surface area contributed by atoms with Gasteiger partial charge in [0.2, 0.25) is 0 Å². The number of nitrogens with one attached hydrogen (secondary N) is 2. The monoisotopic (exact) mass is 498 g/mol. The first kappa shape index (κ1) is 23.1. The number of nitrogens with two attached hydrogens (primary N) is 2. The second-order valence-electron chi connectivity index (χ2n) is 7.20. The molecule has 3 aromatic rings. The molecule has 14 nitrogen and oxygen atoms in total. The highest BCUT2D eigenvalue weighted by Gasteiger charge is 2.50. The molecule has 1 aromatic carbocycles. The van der Waals surface area contributed by atoms with Crippen molar-refractivity contribution in [3.8, 4) is 0 Å². The number of ether oxygens (including phenoxy) is 1. The summed E-state index contributed by atoms with van der Waals surface area (Å²) in [6.07, 6.45) is -0.380. The minimum atomic E-state index is -4.38. The van der Waals surface area contributed by atoms with Crippen LogP contribution in [0.1, 0.15) is 10.4 Å². The Morgan fingerprint density at radius 3 is 2.85 bits per heavy atom. The Morgan fingerprint density at radius 1 is 1.33 bits per heavy atom. The number of carbonyl (C=O) groups excluding carboxylic acids is 1. The molecular weight excluding hydrogens is 480 g/mol. The zero-order valence-corrected chi connectivity index (χ0v) is 18.3. The van der Waals surface area contributed by atoms with Gasteiger partial charge in [0.15, 0.2) is 17.2 Å². The fraction of sp³-hybridized carbons (Fsp3) is 0.294. The number of fused-ring (bicyclic) bond motifs is 1. The topological polar surface area (TPSA) is 221 Å². The van der Waals surface area contributed by atoms with Gasteiger partial charge in [-0.25, -0.2) is 19.7 Å². The number of benzene rings is 1. The van der Waals surface area contributed by atoms with Crippen molar-refractivity contribution in [2.24, 2.45) is 0 Å². The van der Waals surface area contributed by atoms with Gasteiger partial charge in [0.25, 0.3) is 5.91 Å². The van der Waals surface area contributed by atoms with Gasteiger partial charge in [-0.15, -0.1) is 0 Å². The van der Waals surface area contributed by atoms with Crippen molar-refractivity contribution in [1.82, 2.24) is 29.0 Å². The van der Waals surface area contributed by atoms with Crippen LogP contribution in [-0.2, 0) is 20.7 Å². The molecule has 0 radical (unpaired) electrons.